The number of aromatic nitrogens is 6. The van der Waals surface area contributed by atoms with E-state index in [1.165, 1.54) is 11.8 Å². The molecule has 1 fully saturated rings. The molecule has 0 aromatic carbocycles. The molecule has 5 heterocycles. The molecule has 1 amide bonds. The largest absolute Gasteiger partial charge is 0.494 e. The van der Waals surface area contributed by atoms with Gasteiger partial charge in [-0.2, -0.15) is 5.10 Å². The van der Waals surface area contributed by atoms with Crippen molar-refractivity contribution in [1.29, 1.82) is 0 Å². The summed E-state index contributed by atoms with van der Waals surface area (Å²) in [6.45, 7) is 6.44. The minimum absolute atomic E-state index is 0.00638. The van der Waals surface area contributed by atoms with E-state index in [0.717, 1.165) is 17.1 Å². The monoisotopic (exact) mass is 506 g/mol. The number of piperidine rings is 1. The number of fused-ring (bicyclic) bond motifs is 1. The van der Waals surface area contributed by atoms with Crippen molar-refractivity contribution in [3.8, 4) is 11.6 Å². The van der Waals surface area contributed by atoms with Crippen molar-refractivity contribution >= 4 is 28.3 Å². The van der Waals surface area contributed by atoms with Crippen molar-refractivity contribution < 1.29 is 28.0 Å². The fourth-order valence-electron chi connectivity index (χ4n) is 4.09. The molecule has 1 aliphatic heterocycles. The molecule has 4 aromatic rings. The van der Waals surface area contributed by atoms with Crippen molar-refractivity contribution in [1.82, 2.24) is 34.6 Å². The van der Waals surface area contributed by atoms with E-state index in [9.17, 15) is 9.59 Å². The molecule has 11 nitrogen and oxygen atoms in total. The minimum Gasteiger partial charge on any atom is -0.494 e. The number of aromatic amines is 1. The van der Waals surface area contributed by atoms with Crippen LogP contribution in [0.2, 0.25) is 0 Å². The first-order chi connectivity index (χ1) is 21.9. The fraction of sp³-hybridized carbons (Fsp3) is 0.269. The number of pyridine rings is 2. The Morgan fingerprint density at radius 1 is 1.24 bits per heavy atom. The Kier molecular flexibility index (Phi) is 3.82. The maximum absolute atomic E-state index is 13.6. The van der Waals surface area contributed by atoms with Gasteiger partial charge in [-0.25, -0.2) is 19.5 Å². The first-order valence-corrected chi connectivity index (χ1v) is 10.9. The second kappa shape index (κ2) is 9.66. The van der Waals surface area contributed by atoms with Crippen LogP contribution in [-0.2, 0) is 4.79 Å². The Morgan fingerprint density at radius 2 is 2.08 bits per heavy atom. The standard InChI is InChI=1S/C26H24N8O3/c1-15-5-6-19(28-11-15)22(27-3)17-7-9-33(10-8-17)26(36)24(35)18-12-29-23-21(18)20(37-4)13-30-25(23)34-14-31-16(2)32-34/h5-6,11-14,29H,7-10H2,1-2,4H3/i2D3,4D3,5D,6D,11D,14D. The first-order valence-electron chi connectivity index (χ1n) is 15.9. The molecule has 0 unspecified atom stereocenters. The lowest BCUT2D eigenvalue weighted by atomic mass is 9.99. The van der Waals surface area contributed by atoms with Crippen LogP contribution in [-0.4, -0.2) is 66.4 Å². The minimum atomic E-state index is -2.98. The number of ether oxygens (including phenoxy) is 1. The Bertz CT molecular complexity index is 2010. The van der Waals surface area contributed by atoms with Crippen molar-refractivity contribution in [2.75, 3.05) is 20.1 Å². The highest BCUT2D eigenvalue weighted by Gasteiger charge is 2.30. The summed E-state index contributed by atoms with van der Waals surface area (Å²) in [4.78, 5) is 46.3. The van der Waals surface area contributed by atoms with Crippen LogP contribution in [0.1, 0.15) is 54.0 Å². The smallest absolute Gasteiger partial charge is 0.295 e. The Balaban J connectivity index is 1.48. The summed E-state index contributed by atoms with van der Waals surface area (Å²) in [5.41, 5.74) is 0.316. The average molecular weight is 507 g/mol. The second-order valence-electron chi connectivity index (χ2n) is 8.08. The lowest BCUT2D eigenvalue weighted by molar-refractivity contribution is -0.126. The third-order valence-electron chi connectivity index (χ3n) is 5.88. The van der Waals surface area contributed by atoms with Crippen molar-refractivity contribution in [3.05, 3.63) is 76.6 Å². The number of ketones is 1. The predicted molar refractivity (Wildman–Crippen MR) is 135 cm³/mol. The van der Waals surface area contributed by atoms with Crippen LogP contribution in [0.4, 0.5) is 0 Å². The normalized spacial score (nSPS) is 18.1. The molecule has 1 aliphatic rings. The van der Waals surface area contributed by atoms with E-state index in [4.69, 9.17) is 25.0 Å². The van der Waals surface area contributed by atoms with E-state index in [1.54, 1.807) is 0 Å². The molecule has 1 saturated heterocycles. The summed E-state index contributed by atoms with van der Waals surface area (Å²) in [6, 6.07) is -0.494. The van der Waals surface area contributed by atoms with Gasteiger partial charge in [-0.3, -0.25) is 14.6 Å². The Labute approximate surface area is 226 Å². The van der Waals surface area contributed by atoms with Gasteiger partial charge in [0.05, 0.1) is 50.2 Å². The number of hydrogen-bond donors (Lipinski definition) is 1. The molecule has 186 valence electrons. The van der Waals surface area contributed by atoms with Crippen molar-refractivity contribution in [2.24, 2.45) is 0 Å². The van der Waals surface area contributed by atoms with Gasteiger partial charge in [0.2, 0.25) is 5.70 Å². The van der Waals surface area contributed by atoms with Crippen LogP contribution in [0.25, 0.3) is 27.3 Å². The van der Waals surface area contributed by atoms with Crippen LogP contribution >= 0.6 is 0 Å². The van der Waals surface area contributed by atoms with Gasteiger partial charge < -0.3 is 14.6 Å². The number of carbonyl (C=O) groups excluding carboxylic acids is 2. The number of hydrogen-bond acceptors (Lipinski definition) is 7. The van der Waals surface area contributed by atoms with Gasteiger partial charge in [-0.1, -0.05) is 11.6 Å². The van der Waals surface area contributed by atoms with Gasteiger partial charge in [0, 0.05) is 29.6 Å². The number of amides is 1. The molecule has 0 atom stereocenters. The zero-order valence-electron chi connectivity index (χ0n) is 29.3. The molecule has 4 aromatic heterocycles. The number of aryl methyl sites for hydroxylation is 1. The number of rotatable bonds is 5. The molecular formula is C26H24N8O3. The summed E-state index contributed by atoms with van der Waals surface area (Å²) in [6.07, 6.45) is 1.54. The van der Waals surface area contributed by atoms with Gasteiger partial charge in [0.15, 0.2) is 5.82 Å². The lowest BCUT2D eigenvalue weighted by Crippen LogP contribution is -2.40. The molecule has 5 rings (SSSR count). The quantitative estimate of drug-likeness (QED) is 0.250. The Hall–Kier alpha value is -4.85. The van der Waals surface area contributed by atoms with Gasteiger partial charge in [0.1, 0.15) is 19.2 Å². The average Bonchev–Trinajstić information content (AvgIpc) is 3.63. The number of Topliss-reactive ketones (excluding diaryl/α,β-unsaturated/α-hetero) is 1. The highest BCUT2D eigenvalue weighted by Crippen LogP contribution is 2.32. The van der Waals surface area contributed by atoms with Crippen LogP contribution in [0, 0.1) is 20.3 Å². The molecule has 1 N–H and O–H groups in total. The lowest BCUT2D eigenvalue weighted by Gasteiger charge is -2.28. The number of methoxy groups -OCH3 is 1. The van der Waals surface area contributed by atoms with Crippen molar-refractivity contribution in [2.45, 2.75) is 26.6 Å². The first kappa shape index (κ1) is 14.6. The molecule has 11 heteroatoms. The van der Waals surface area contributed by atoms with Gasteiger partial charge in [-0.05, 0) is 38.2 Å². The van der Waals surface area contributed by atoms with Crippen LogP contribution < -0.4 is 4.74 Å². The highest BCUT2D eigenvalue weighted by molar-refractivity contribution is 6.45. The number of carbonyl (C=O) groups is 2. The van der Waals surface area contributed by atoms with Crippen LogP contribution in [0.3, 0.4) is 0 Å². The van der Waals surface area contributed by atoms with Gasteiger partial charge >= 0.3 is 0 Å². The molecule has 0 saturated carbocycles. The van der Waals surface area contributed by atoms with E-state index < -0.39 is 43.5 Å². The third kappa shape index (κ3) is 4.33. The van der Waals surface area contributed by atoms with E-state index in [1.807, 2.05) is 0 Å². The maximum atomic E-state index is 13.6. The molecule has 0 bridgehead atoms. The third-order valence-corrected chi connectivity index (χ3v) is 5.88. The predicted octanol–water partition coefficient (Wildman–Crippen LogP) is 3.30. The van der Waals surface area contributed by atoms with Crippen LogP contribution in [0.5, 0.6) is 5.75 Å². The number of nitrogens with zero attached hydrogens (tertiary/aromatic N) is 7. The molecule has 0 spiro atoms. The molecular weight excluding hydrogens is 472 g/mol. The number of H-pyrrole nitrogens is 1. The summed E-state index contributed by atoms with van der Waals surface area (Å²) in [5.74, 6) is -3.23. The van der Waals surface area contributed by atoms with Gasteiger partial charge in [0.25, 0.3) is 11.7 Å². The summed E-state index contributed by atoms with van der Waals surface area (Å²) in [7, 11) is -2.98. The van der Waals surface area contributed by atoms with E-state index in [0.29, 0.717) is 5.57 Å². The van der Waals surface area contributed by atoms with Gasteiger partial charge in [-0.15, -0.1) is 0 Å². The Morgan fingerprint density at radius 3 is 2.81 bits per heavy atom. The number of likely N-dealkylation sites (tertiary alicyclic amines) is 1. The summed E-state index contributed by atoms with van der Waals surface area (Å²) < 4.78 is 83.6. The highest BCUT2D eigenvalue weighted by atomic mass is 16.5. The zero-order valence-corrected chi connectivity index (χ0v) is 19.3. The second-order valence-corrected chi connectivity index (χ2v) is 8.08. The molecule has 0 radical (unpaired) electrons. The topological polar surface area (TPSA) is 123 Å². The fourth-order valence-corrected chi connectivity index (χ4v) is 4.09. The summed E-state index contributed by atoms with van der Waals surface area (Å²) in [5, 5.41) is 3.66. The van der Waals surface area contributed by atoms with E-state index in [-0.39, 0.29) is 83.4 Å². The SMILES string of the molecule is [2H]c1nc(C([N+]#[C-])=C2CCN(C(=O)C(=O)c3c[nH]c4c(-n5nc(C([2H])([2H])[2H])nc5[2H])ncc(OC([2H])([2H])[2H])c34)CC2)c([2H])c([2H])c1C. The van der Waals surface area contributed by atoms with E-state index in [2.05, 4.69) is 29.9 Å². The number of nitrogens with one attached hydrogen (secondary N) is 1. The van der Waals surface area contributed by atoms with E-state index >= 15 is 0 Å². The maximum Gasteiger partial charge on any atom is 0.295 e. The summed E-state index contributed by atoms with van der Waals surface area (Å²) >= 11 is 0. The molecule has 37 heavy (non-hydrogen) atoms. The van der Waals surface area contributed by atoms with Crippen LogP contribution in [0.15, 0.2) is 42.5 Å². The molecule has 0 aliphatic carbocycles. The zero-order chi connectivity index (χ0) is 34.6. The van der Waals surface area contributed by atoms with Crippen molar-refractivity contribution in [3.63, 3.8) is 0 Å².